The van der Waals surface area contributed by atoms with Crippen LogP contribution in [0.4, 0.5) is 5.69 Å². The van der Waals surface area contributed by atoms with E-state index in [2.05, 4.69) is 4.28 Å². The van der Waals surface area contributed by atoms with Crippen LogP contribution in [0.2, 0.25) is 5.02 Å². The number of anilines is 1. The lowest BCUT2D eigenvalue weighted by Gasteiger charge is -2.20. The number of hydrogen-bond acceptors (Lipinski definition) is 5. The Morgan fingerprint density at radius 1 is 1.64 bits per heavy atom. The number of phenolic OH excluding ortho intramolecular Hbond substituents is 1. The molecule has 0 aliphatic rings. The predicted molar refractivity (Wildman–Crippen MR) is 51.5 cm³/mol. The summed E-state index contributed by atoms with van der Waals surface area (Å²) in [6, 6.07) is 4.50. The molecule has 0 fully saturated rings. The normalized spacial score (nSPS) is 12.5. The molecule has 14 heavy (non-hydrogen) atoms. The third-order valence-electron chi connectivity index (χ3n) is 1.48. The van der Waals surface area contributed by atoms with E-state index < -0.39 is 11.4 Å². The van der Waals surface area contributed by atoms with Crippen LogP contribution in [0.15, 0.2) is 18.2 Å². The molecule has 1 unspecified atom stereocenters. The Morgan fingerprint density at radius 2 is 2.29 bits per heavy atom. The molecule has 1 N–H and O–H groups in total. The van der Waals surface area contributed by atoms with Gasteiger partial charge < -0.3 is 9.66 Å². The van der Waals surface area contributed by atoms with Crippen LogP contribution in [0.1, 0.15) is 0 Å². The first-order valence-corrected chi connectivity index (χ1v) is 4.89. The van der Waals surface area contributed by atoms with Crippen molar-refractivity contribution >= 4 is 28.6 Å². The smallest absolute Gasteiger partial charge is 0.160 e. The molecule has 0 amide bonds. The van der Waals surface area contributed by atoms with Gasteiger partial charge in [-0.15, -0.1) is 0 Å². The van der Waals surface area contributed by atoms with E-state index in [1.165, 1.54) is 19.2 Å². The standard InChI is InChI=1S/C7H8ClNO4S/c1-9(13-14(11)12)6-4-2-3-5(8)7(6)10/h2-4,10H,1H3,(H,11,12)/p-1. The van der Waals surface area contributed by atoms with Crippen molar-refractivity contribution < 1.29 is 18.2 Å². The number of rotatable bonds is 3. The molecule has 0 aliphatic heterocycles. The van der Waals surface area contributed by atoms with Crippen LogP contribution in [0.3, 0.4) is 0 Å². The van der Waals surface area contributed by atoms with Crippen molar-refractivity contribution in [3.8, 4) is 5.75 Å². The van der Waals surface area contributed by atoms with E-state index in [0.29, 0.717) is 0 Å². The Morgan fingerprint density at radius 3 is 2.86 bits per heavy atom. The van der Waals surface area contributed by atoms with Gasteiger partial charge >= 0.3 is 0 Å². The van der Waals surface area contributed by atoms with Crippen LogP contribution in [0.5, 0.6) is 5.75 Å². The van der Waals surface area contributed by atoms with Crippen LogP contribution in [-0.2, 0) is 15.6 Å². The summed E-state index contributed by atoms with van der Waals surface area (Å²) in [6.07, 6.45) is 0. The van der Waals surface area contributed by atoms with Gasteiger partial charge in [0, 0.05) is 7.05 Å². The highest BCUT2D eigenvalue weighted by Gasteiger charge is 2.10. The molecule has 0 saturated carbocycles. The Balaban J connectivity index is 2.95. The summed E-state index contributed by atoms with van der Waals surface area (Å²) in [7, 11) is 1.33. The van der Waals surface area contributed by atoms with Gasteiger partial charge in [-0.25, -0.2) is 9.27 Å². The lowest BCUT2D eigenvalue weighted by molar-refractivity contribution is 0.286. The van der Waals surface area contributed by atoms with Crippen molar-refractivity contribution in [2.75, 3.05) is 12.1 Å². The summed E-state index contributed by atoms with van der Waals surface area (Å²) in [5.74, 6) is -0.234. The summed E-state index contributed by atoms with van der Waals surface area (Å²) in [5.41, 5.74) is 0.168. The summed E-state index contributed by atoms with van der Waals surface area (Å²) in [4.78, 5) is 0. The molecular weight excluding hydrogens is 230 g/mol. The van der Waals surface area contributed by atoms with Crippen LogP contribution >= 0.6 is 11.6 Å². The van der Waals surface area contributed by atoms with Crippen molar-refractivity contribution in [3.05, 3.63) is 23.2 Å². The Hall–Kier alpha value is -0.820. The molecule has 0 aliphatic carbocycles. The maximum atomic E-state index is 10.2. The number of benzene rings is 1. The van der Waals surface area contributed by atoms with Gasteiger partial charge in [-0.05, 0) is 12.1 Å². The maximum Gasteiger partial charge on any atom is 0.160 e. The zero-order chi connectivity index (χ0) is 10.7. The molecule has 1 rings (SSSR count). The second-order valence-electron chi connectivity index (χ2n) is 2.38. The molecule has 0 aromatic heterocycles. The minimum Gasteiger partial charge on any atom is -0.748 e. The molecule has 78 valence electrons. The number of para-hydroxylation sites is 1. The molecule has 1 aromatic carbocycles. The summed E-state index contributed by atoms with van der Waals surface area (Å²) < 4.78 is 24.7. The molecule has 7 heteroatoms. The average Bonchev–Trinajstić information content (AvgIpc) is 2.08. The summed E-state index contributed by atoms with van der Waals surface area (Å²) in [5, 5.41) is 10.4. The number of hydroxylamine groups is 1. The zero-order valence-electron chi connectivity index (χ0n) is 7.14. The zero-order valence-corrected chi connectivity index (χ0v) is 8.71. The van der Waals surface area contributed by atoms with Gasteiger partial charge in [0.15, 0.2) is 5.75 Å². The minimum absolute atomic E-state index is 0.120. The van der Waals surface area contributed by atoms with E-state index >= 15 is 0 Å². The monoisotopic (exact) mass is 236 g/mol. The van der Waals surface area contributed by atoms with E-state index in [0.717, 1.165) is 5.06 Å². The summed E-state index contributed by atoms with van der Waals surface area (Å²) in [6.45, 7) is 0. The third kappa shape index (κ3) is 2.58. The van der Waals surface area contributed by atoms with Crippen LogP contribution in [-0.4, -0.2) is 20.9 Å². The SMILES string of the molecule is CN(OS(=O)[O-])c1cccc(Cl)c1O. The van der Waals surface area contributed by atoms with E-state index in [9.17, 15) is 13.9 Å². The first-order chi connectivity index (χ1) is 6.52. The lowest BCUT2D eigenvalue weighted by Crippen LogP contribution is -2.19. The highest BCUT2D eigenvalue weighted by atomic mass is 35.5. The molecule has 0 heterocycles. The molecule has 5 nitrogen and oxygen atoms in total. The first kappa shape index (κ1) is 11.3. The van der Waals surface area contributed by atoms with Gasteiger partial charge in [-0.3, -0.25) is 0 Å². The number of phenols is 1. The highest BCUT2D eigenvalue weighted by molar-refractivity contribution is 7.74. The van der Waals surface area contributed by atoms with E-state index in [1.54, 1.807) is 6.07 Å². The highest BCUT2D eigenvalue weighted by Crippen LogP contribution is 2.33. The van der Waals surface area contributed by atoms with Crippen molar-refractivity contribution in [3.63, 3.8) is 0 Å². The van der Waals surface area contributed by atoms with E-state index in [-0.39, 0.29) is 16.5 Å². The third-order valence-corrected chi connectivity index (χ3v) is 2.13. The first-order valence-electron chi connectivity index (χ1n) is 3.51. The molecule has 0 bridgehead atoms. The number of halogens is 1. The van der Waals surface area contributed by atoms with Crippen LogP contribution < -0.4 is 5.06 Å². The summed E-state index contributed by atoms with van der Waals surface area (Å²) >= 11 is 2.92. The van der Waals surface area contributed by atoms with Gasteiger partial charge in [-0.1, -0.05) is 17.7 Å². The number of nitrogens with zero attached hydrogens (tertiary/aromatic N) is 1. The fourth-order valence-corrected chi connectivity index (χ4v) is 1.32. The van der Waals surface area contributed by atoms with E-state index in [4.69, 9.17) is 11.6 Å². The van der Waals surface area contributed by atoms with Gasteiger partial charge in [0.05, 0.1) is 5.02 Å². The topological polar surface area (TPSA) is 72.8 Å². The van der Waals surface area contributed by atoms with Gasteiger partial charge in [0.1, 0.15) is 17.0 Å². The minimum atomic E-state index is -2.69. The van der Waals surface area contributed by atoms with Gasteiger partial charge in [0.25, 0.3) is 0 Å². The van der Waals surface area contributed by atoms with Crippen molar-refractivity contribution in [1.82, 2.24) is 0 Å². The number of aromatic hydroxyl groups is 1. The van der Waals surface area contributed by atoms with Crippen LogP contribution in [0, 0.1) is 0 Å². The molecule has 1 aromatic rings. The molecule has 0 saturated heterocycles. The lowest BCUT2D eigenvalue weighted by atomic mass is 10.3. The Bertz CT molecular complexity index is 360. The molecular formula is C7H7ClNO4S-. The van der Waals surface area contributed by atoms with Gasteiger partial charge in [0.2, 0.25) is 0 Å². The molecule has 0 radical (unpaired) electrons. The molecule has 1 atom stereocenters. The number of hydrogen-bond donors (Lipinski definition) is 1. The quantitative estimate of drug-likeness (QED) is 0.631. The van der Waals surface area contributed by atoms with Crippen molar-refractivity contribution in [2.45, 2.75) is 0 Å². The second kappa shape index (κ2) is 4.61. The van der Waals surface area contributed by atoms with Crippen molar-refractivity contribution in [1.29, 1.82) is 0 Å². The van der Waals surface area contributed by atoms with Gasteiger partial charge in [-0.2, -0.15) is 4.28 Å². The predicted octanol–water partition coefficient (Wildman–Crippen LogP) is 1.21. The van der Waals surface area contributed by atoms with Crippen molar-refractivity contribution in [2.24, 2.45) is 0 Å². The Labute approximate surface area is 88.3 Å². The van der Waals surface area contributed by atoms with Crippen LogP contribution in [0.25, 0.3) is 0 Å². The fourth-order valence-electron chi connectivity index (χ4n) is 0.889. The average molecular weight is 237 g/mol. The maximum absolute atomic E-state index is 10.2. The molecule has 0 spiro atoms. The van der Waals surface area contributed by atoms with E-state index in [1.807, 2.05) is 0 Å². The fraction of sp³-hybridized carbons (Fsp3) is 0.143. The second-order valence-corrected chi connectivity index (χ2v) is 3.35. The largest absolute Gasteiger partial charge is 0.748 e. The Kier molecular flexibility index (Phi) is 3.70.